The molecule has 1 aromatic carbocycles. The molecular weight excluding hydrogens is 366 g/mol. The van der Waals surface area contributed by atoms with E-state index in [9.17, 15) is 14.7 Å². The Bertz CT molecular complexity index is 988. The molecular formula is C24H31NO4. The number of hydrogen-bond acceptors (Lipinski definition) is 3. The smallest absolute Gasteiger partial charge is 0.338 e. The van der Waals surface area contributed by atoms with Crippen LogP contribution in [-0.2, 0) is 21.4 Å². The molecule has 29 heavy (non-hydrogen) atoms. The quantitative estimate of drug-likeness (QED) is 0.280. The van der Waals surface area contributed by atoms with Crippen LogP contribution in [-0.4, -0.2) is 28.2 Å². The first-order valence-corrected chi connectivity index (χ1v) is 10.1. The summed E-state index contributed by atoms with van der Waals surface area (Å²) in [5.41, 5.74) is 4.15. The van der Waals surface area contributed by atoms with Crippen molar-refractivity contribution in [3.8, 4) is 0 Å². The van der Waals surface area contributed by atoms with Gasteiger partial charge in [0.25, 0.3) is 0 Å². The summed E-state index contributed by atoms with van der Waals surface area (Å²) in [7, 11) is 1.96. The minimum Gasteiger partial charge on any atom is -0.478 e. The van der Waals surface area contributed by atoms with Crippen LogP contribution in [0.4, 0.5) is 0 Å². The summed E-state index contributed by atoms with van der Waals surface area (Å²) >= 11 is 0. The number of unbranched alkanes of at least 4 members (excludes halogenated alkanes) is 2. The molecule has 5 nitrogen and oxygen atoms in total. The summed E-state index contributed by atoms with van der Waals surface area (Å²) in [5, 5.41) is 11.0. The van der Waals surface area contributed by atoms with E-state index in [1.54, 1.807) is 20.8 Å². The number of aliphatic carboxylic acids is 1. The molecule has 0 aliphatic carbocycles. The van der Waals surface area contributed by atoms with Gasteiger partial charge in [0, 0.05) is 29.2 Å². The van der Waals surface area contributed by atoms with Crippen molar-refractivity contribution >= 4 is 28.4 Å². The molecule has 0 fully saturated rings. The van der Waals surface area contributed by atoms with Crippen molar-refractivity contribution in [2.75, 3.05) is 6.61 Å². The van der Waals surface area contributed by atoms with Gasteiger partial charge in [0.2, 0.25) is 0 Å². The van der Waals surface area contributed by atoms with E-state index < -0.39 is 11.9 Å². The highest BCUT2D eigenvalue weighted by atomic mass is 16.5. The van der Waals surface area contributed by atoms with Crippen LogP contribution in [0.25, 0.3) is 16.5 Å². The number of allylic oxidation sites excluding steroid dienone is 2. The van der Waals surface area contributed by atoms with Gasteiger partial charge in [0.15, 0.2) is 0 Å². The molecule has 1 aromatic heterocycles. The topological polar surface area (TPSA) is 68.5 Å². The van der Waals surface area contributed by atoms with Crippen molar-refractivity contribution in [1.82, 2.24) is 4.57 Å². The van der Waals surface area contributed by atoms with Gasteiger partial charge in [-0.2, -0.15) is 0 Å². The Hall–Kier alpha value is -2.82. The molecule has 0 saturated carbocycles. The first-order chi connectivity index (χ1) is 13.7. The molecule has 2 rings (SSSR count). The number of benzene rings is 1. The SMILES string of the molecule is CCCCCOC(=O)C(=C(C)C)/C(C(=O)O)=C(\C)c1c(C)n(C)c2ccccc12. The highest BCUT2D eigenvalue weighted by Gasteiger charge is 2.27. The summed E-state index contributed by atoms with van der Waals surface area (Å²) in [5.74, 6) is -1.70. The van der Waals surface area contributed by atoms with Gasteiger partial charge in [-0.15, -0.1) is 0 Å². The van der Waals surface area contributed by atoms with Gasteiger partial charge in [0.05, 0.1) is 17.8 Å². The van der Waals surface area contributed by atoms with E-state index in [2.05, 4.69) is 6.92 Å². The molecule has 0 atom stereocenters. The van der Waals surface area contributed by atoms with E-state index >= 15 is 0 Å². The molecule has 0 spiro atoms. The maximum Gasteiger partial charge on any atom is 0.338 e. The number of aryl methyl sites for hydroxylation is 1. The largest absolute Gasteiger partial charge is 0.478 e. The van der Waals surface area contributed by atoms with E-state index in [1.165, 1.54) is 0 Å². The number of carboxylic acids is 1. The zero-order valence-electron chi connectivity index (χ0n) is 18.3. The van der Waals surface area contributed by atoms with E-state index in [0.29, 0.717) is 17.8 Å². The lowest BCUT2D eigenvalue weighted by molar-refractivity contribution is -0.140. The Balaban J connectivity index is 2.63. The fraction of sp³-hybridized carbons (Fsp3) is 0.417. The van der Waals surface area contributed by atoms with Crippen LogP contribution in [0.5, 0.6) is 0 Å². The van der Waals surface area contributed by atoms with Crippen molar-refractivity contribution in [2.45, 2.75) is 53.9 Å². The van der Waals surface area contributed by atoms with E-state index in [0.717, 1.165) is 41.4 Å². The summed E-state index contributed by atoms with van der Waals surface area (Å²) in [6.45, 7) is 9.59. The van der Waals surface area contributed by atoms with Crippen LogP contribution in [0.1, 0.15) is 58.2 Å². The van der Waals surface area contributed by atoms with Crippen LogP contribution in [0.3, 0.4) is 0 Å². The lowest BCUT2D eigenvalue weighted by Crippen LogP contribution is -2.18. The molecule has 5 heteroatoms. The van der Waals surface area contributed by atoms with E-state index in [-0.39, 0.29) is 11.1 Å². The van der Waals surface area contributed by atoms with Crippen LogP contribution < -0.4 is 0 Å². The highest BCUT2D eigenvalue weighted by Crippen LogP contribution is 2.35. The molecule has 0 aliphatic rings. The van der Waals surface area contributed by atoms with Crippen LogP contribution in [0.15, 0.2) is 41.0 Å². The number of esters is 1. The molecule has 0 saturated heterocycles. The Kier molecular flexibility index (Phi) is 7.43. The zero-order valence-corrected chi connectivity index (χ0v) is 18.3. The first-order valence-electron chi connectivity index (χ1n) is 10.1. The lowest BCUT2D eigenvalue weighted by Gasteiger charge is -2.15. The molecule has 1 heterocycles. The number of carbonyl (C=O) groups is 2. The number of nitrogens with zero attached hydrogens (tertiary/aromatic N) is 1. The molecule has 0 amide bonds. The second-order valence-corrected chi connectivity index (χ2v) is 7.56. The maximum atomic E-state index is 12.8. The third-order valence-electron chi connectivity index (χ3n) is 5.30. The van der Waals surface area contributed by atoms with Gasteiger partial charge in [-0.05, 0) is 45.8 Å². The highest BCUT2D eigenvalue weighted by molar-refractivity contribution is 6.13. The van der Waals surface area contributed by atoms with Crippen molar-refractivity contribution in [2.24, 2.45) is 7.05 Å². The van der Waals surface area contributed by atoms with Gasteiger partial charge >= 0.3 is 11.9 Å². The van der Waals surface area contributed by atoms with Crippen LogP contribution in [0, 0.1) is 6.92 Å². The van der Waals surface area contributed by atoms with Crippen molar-refractivity contribution in [1.29, 1.82) is 0 Å². The number of ether oxygens (including phenoxy) is 1. The summed E-state index contributed by atoms with van der Waals surface area (Å²) < 4.78 is 7.45. The normalized spacial score (nSPS) is 11.9. The second kappa shape index (κ2) is 9.59. The molecule has 1 N–H and O–H groups in total. The number of para-hydroxylation sites is 1. The van der Waals surface area contributed by atoms with Crippen molar-refractivity contribution < 1.29 is 19.4 Å². The number of hydrogen-bond donors (Lipinski definition) is 1. The van der Waals surface area contributed by atoms with Crippen LogP contribution >= 0.6 is 0 Å². The molecule has 0 aliphatic heterocycles. The second-order valence-electron chi connectivity index (χ2n) is 7.56. The Morgan fingerprint density at radius 1 is 1.07 bits per heavy atom. The molecule has 156 valence electrons. The monoisotopic (exact) mass is 397 g/mol. The number of carboxylic acid groups (broad SMARTS) is 1. The Morgan fingerprint density at radius 2 is 1.72 bits per heavy atom. The predicted molar refractivity (Wildman–Crippen MR) is 117 cm³/mol. The van der Waals surface area contributed by atoms with Crippen molar-refractivity contribution in [3.05, 3.63) is 52.2 Å². The van der Waals surface area contributed by atoms with Crippen molar-refractivity contribution in [3.63, 3.8) is 0 Å². The molecule has 0 bridgehead atoms. The van der Waals surface area contributed by atoms with Gasteiger partial charge < -0.3 is 14.4 Å². The standard InChI is InChI=1S/C24H31NO4/c1-7-8-11-14-29-24(28)20(15(2)3)22(23(26)27)16(4)21-17(5)25(6)19-13-10-9-12-18(19)21/h9-10,12-13H,7-8,11,14H2,1-6H3,(H,26,27)/b22-16-. The van der Waals surface area contributed by atoms with Gasteiger partial charge in [-0.3, -0.25) is 0 Å². The van der Waals surface area contributed by atoms with Crippen LogP contribution in [0.2, 0.25) is 0 Å². The summed E-state index contributed by atoms with van der Waals surface area (Å²) in [6.07, 6.45) is 2.76. The van der Waals surface area contributed by atoms with Gasteiger partial charge in [0.1, 0.15) is 0 Å². The van der Waals surface area contributed by atoms with E-state index in [1.807, 2.05) is 42.8 Å². The Labute approximate surface area is 172 Å². The number of fused-ring (bicyclic) bond motifs is 1. The van der Waals surface area contributed by atoms with E-state index in [4.69, 9.17) is 4.74 Å². The third-order valence-corrected chi connectivity index (χ3v) is 5.30. The predicted octanol–water partition coefficient (Wildman–Crippen LogP) is 5.41. The molecule has 2 aromatic rings. The lowest BCUT2D eigenvalue weighted by atomic mass is 9.91. The average molecular weight is 398 g/mol. The number of aromatic nitrogens is 1. The van der Waals surface area contributed by atoms with Gasteiger partial charge in [-0.1, -0.05) is 43.5 Å². The minimum atomic E-state index is -1.13. The third kappa shape index (κ3) is 4.61. The maximum absolute atomic E-state index is 12.8. The minimum absolute atomic E-state index is 0.00458. The van der Waals surface area contributed by atoms with Gasteiger partial charge in [-0.25, -0.2) is 9.59 Å². The summed E-state index contributed by atoms with van der Waals surface area (Å²) in [4.78, 5) is 25.1. The Morgan fingerprint density at radius 3 is 2.31 bits per heavy atom. The first kappa shape index (κ1) is 22.5. The fourth-order valence-corrected chi connectivity index (χ4v) is 3.72. The fourth-order valence-electron chi connectivity index (χ4n) is 3.72. The number of rotatable bonds is 8. The zero-order chi connectivity index (χ0) is 21.7. The molecule has 0 unspecified atom stereocenters. The average Bonchev–Trinajstić information content (AvgIpc) is 2.93. The summed E-state index contributed by atoms with van der Waals surface area (Å²) in [6, 6.07) is 7.87. The number of carbonyl (C=O) groups excluding carboxylic acids is 1. The molecule has 0 radical (unpaired) electrons.